The van der Waals surface area contributed by atoms with E-state index in [1.807, 2.05) is 0 Å². The lowest BCUT2D eigenvalue weighted by molar-refractivity contribution is 0.175. The zero-order chi connectivity index (χ0) is 13.6. The lowest BCUT2D eigenvalue weighted by atomic mass is 9.64. The molecule has 0 saturated heterocycles. The molecule has 0 spiro atoms. The van der Waals surface area contributed by atoms with Crippen molar-refractivity contribution in [3.8, 4) is 0 Å². The van der Waals surface area contributed by atoms with Crippen molar-refractivity contribution in [2.24, 2.45) is 5.73 Å². The van der Waals surface area contributed by atoms with Gasteiger partial charge >= 0.3 is 0 Å². The summed E-state index contributed by atoms with van der Waals surface area (Å²) >= 11 is 0. The Kier molecular flexibility index (Phi) is 5.41. The Morgan fingerprint density at radius 3 is 2.47 bits per heavy atom. The normalized spacial score (nSPS) is 20.1. The fraction of sp³-hybridized carbons (Fsp3) is 0.647. The average Bonchev–Trinajstić information content (AvgIpc) is 2.49. The minimum absolute atomic E-state index is 0.202. The fourth-order valence-electron chi connectivity index (χ4n) is 3.55. The summed E-state index contributed by atoms with van der Waals surface area (Å²) in [5, 5.41) is 0. The SMILES string of the molecule is COCCCC(N)C1(c2ccccc2)CCCCC1. The van der Waals surface area contributed by atoms with Crippen molar-refractivity contribution in [2.45, 2.75) is 56.4 Å². The van der Waals surface area contributed by atoms with Crippen molar-refractivity contribution in [3.05, 3.63) is 35.9 Å². The zero-order valence-corrected chi connectivity index (χ0v) is 12.1. The second-order valence-corrected chi connectivity index (χ2v) is 5.82. The molecule has 1 fully saturated rings. The summed E-state index contributed by atoms with van der Waals surface area (Å²) in [5.41, 5.74) is 8.25. The molecule has 1 atom stereocenters. The van der Waals surface area contributed by atoms with Gasteiger partial charge in [-0.1, -0.05) is 49.6 Å². The van der Waals surface area contributed by atoms with Crippen LogP contribution in [0.5, 0.6) is 0 Å². The van der Waals surface area contributed by atoms with Gasteiger partial charge in [0.1, 0.15) is 0 Å². The second-order valence-electron chi connectivity index (χ2n) is 5.82. The van der Waals surface area contributed by atoms with Crippen LogP contribution in [0.3, 0.4) is 0 Å². The topological polar surface area (TPSA) is 35.2 Å². The molecule has 1 aliphatic carbocycles. The Labute approximate surface area is 117 Å². The predicted octanol–water partition coefficient (Wildman–Crippen LogP) is 3.64. The lowest BCUT2D eigenvalue weighted by Gasteiger charge is -2.43. The summed E-state index contributed by atoms with van der Waals surface area (Å²) in [6.07, 6.45) is 8.59. The van der Waals surface area contributed by atoms with Gasteiger partial charge < -0.3 is 10.5 Å². The van der Waals surface area contributed by atoms with Gasteiger partial charge in [0.2, 0.25) is 0 Å². The third kappa shape index (κ3) is 3.37. The highest BCUT2D eigenvalue weighted by Gasteiger charge is 2.38. The molecule has 2 N–H and O–H groups in total. The van der Waals surface area contributed by atoms with Crippen LogP contribution < -0.4 is 5.73 Å². The molecule has 1 aromatic carbocycles. The molecule has 2 nitrogen and oxygen atoms in total. The van der Waals surface area contributed by atoms with Crippen LogP contribution in [0.4, 0.5) is 0 Å². The first kappa shape index (κ1) is 14.5. The molecule has 2 heteroatoms. The molecule has 0 aliphatic heterocycles. The van der Waals surface area contributed by atoms with Crippen LogP contribution in [-0.2, 0) is 10.2 Å². The minimum Gasteiger partial charge on any atom is -0.385 e. The van der Waals surface area contributed by atoms with Gasteiger partial charge in [0.05, 0.1) is 0 Å². The van der Waals surface area contributed by atoms with E-state index in [0.717, 1.165) is 19.4 Å². The van der Waals surface area contributed by atoms with Crippen molar-refractivity contribution < 1.29 is 4.74 Å². The van der Waals surface area contributed by atoms with Crippen LogP contribution in [0, 0.1) is 0 Å². The van der Waals surface area contributed by atoms with Gasteiger partial charge in [0.25, 0.3) is 0 Å². The van der Waals surface area contributed by atoms with E-state index in [2.05, 4.69) is 30.3 Å². The minimum atomic E-state index is 0.202. The molecule has 0 aromatic heterocycles. The second kappa shape index (κ2) is 7.06. The van der Waals surface area contributed by atoms with Crippen molar-refractivity contribution in [1.82, 2.24) is 0 Å². The van der Waals surface area contributed by atoms with Gasteiger partial charge in [-0.2, -0.15) is 0 Å². The van der Waals surface area contributed by atoms with E-state index < -0.39 is 0 Å². The summed E-state index contributed by atoms with van der Waals surface area (Å²) < 4.78 is 5.16. The van der Waals surface area contributed by atoms with E-state index in [-0.39, 0.29) is 11.5 Å². The van der Waals surface area contributed by atoms with Crippen molar-refractivity contribution in [1.29, 1.82) is 0 Å². The Hall–Kier alpha value is -0.860. The van der Waals surface area contributed by atoms with Gasteiger partial charge in [-0.25, -0.2) is 0 Å². The highest BCUT2D eigenvalue weighted by molar-refractivity contribution is 5.28. The number of methoxy groups -OCH3 is 1. The van der Waals surface area contributed by atoms with E-state index in [0.29, 0.717) is 0 Å². The summed E-state index contributed by atoms with van der Waals surface area (Å²) in [6.45, 7) is 0.818. The van der Waals surface area contributed by atoms with Gasteiger partial charge in [0, 0.05) is 25.2 Å². The molecule has 0 bridgehead atoms. The molecule has 19 heavy (non-hydrogen) atoms. The van der Waals surface area contributed by atoms with Crippen LogP contribution in [0.25, 0.3) is 0 Å². The van der Waals surface area contributed by atoms with Crippen LogP contribution in [0.1, 0.15) is 50.5 Å². The van der Waals surface area contributed by atoms with Crippen molar-refractivity contribution in [2.75, 3.05) is 13.7 Å². The first-order chi connectivity index (χ1) is 9.29. The monoisotopic (exact) mass is 261 g/mol. The standard InChI is InChI=1S/C17H27NO/c1-19-14-8-11-16(18)17(12-6-3-7-13-17)15-9-4-2-5-10-15/h2,4-5,9-10,16H,3,6-8,11-14,18H2,1H3. The largest absolute Gasteiger partial charge is 0.385 e. The van der Waals surface area contributed by atoms with Crippen LogP contribution >= 0.6 is 0 Å². The van der Waals surface area contributed by atoms with Crippen molar-refractivity contribution in [3.63, 3.8) is 0 Å². The highest BCUT2D eigenvalue weighted by atomic mass is 16.5. The van der Waals surface area contributed by atoms with E-state index in [1.165, 1.54) is 37.7 Å². The van der Waals surface area contributed by atoms with Gasteiger partial charge in [-0.15, -0.1) is 0 Å². The summed E-state index contributed by atoms with van der Waals surface area (Å²) in [5.74, 6) is 0. The zero-order valence-electron chi connectivity index (χ0n) is 12.1. The van der Waals surface area contributed by atoms with E-state index in [1.54, 1.807) is 7.11 Å². The molecule has 0 radical (unpaired) electrons. The number of hydrogen-bond acceptors (Lipinski definition) is 2. The maximum absolute atomic E-state index is 6.60. The van der Waals surface area contributed by atoms with E-state index in [4.69, 9.17) is 10.5 Å². The van der Waals surface area contributed by atoms with Crippen LogP contribution in [0.15, 0.2) is 30.3 Å². The molecule has 2 rings (SSSR count). The van der Waals surface area contributed by atoms with E-state index in [9.17, 15) is 0 Å². The number of ether oxygens (including phenoxy) is 1. The quantitative estimate of drug-likeness (QED) is 0.793. The maximum Gasteiger partial charge on any atom is 0.0462 e. The maximum atomic E-state index is 6.60. The first-order valence-corrected chi connectivity index (χ1v) is 7.59. The molecule has 1 saturated carbocycles. The number of nitrogens with two attached hydrogens (primary N) is 1. The highest BCUT2D eigenvalue weighted by Crippen LogP contribution is 2.42. The average molecular weight is 261 g/mol. The van der Waals surface area contributed by atoms with Gasteiger partial charge in [-0.3, -0.25) is 0 Å². The lowest BCUT2D eigenvalue weighted by Crippen LogP contribution is -2.47. The molecule has 0 heterocycles. The summed E-state index contributed by atoms with van der Waals surface area (Å²) in [7, 11) is 1.76. The molecule has 0 amide bonds. The summed E-state index contributed by atoms with van der Waals surface area (Å²) in [6, 6.07) is 11.2. The van der Waals surface area contributed by atoms with Crippen molar-refractivity contribution >= 4 is 0 Å². The Morgan fingerprint density at radius 1 is 1.16 bits per heavy atom. The van der Waals surface area contributed by atoms with Crippen LogP contribution in [-0.4, -0.2) is 19.8 Å². The first-order valence-electron chi connectivity index (χ1n) is 7.59. The Bertz CT molecular complexity index is 357. The number of hydrogen-bond donors (Lipinski definition) is 1. The van der Waals surface area contributed by atoms with Gasteiger partial charge in [-0.05, 0) is 31.2 Å². The molecular weight excluding hydrogens is 234 g/mol. The predicted molar refractivity (Wildman–Crippen MR) is 80.3 cm³/mol. The number of rotatable bonds is 6. The molecule has 1 aromatic rings. The van der Waals surface area contributed by atoms with E-state index >= 15 is 0 Å². The third-order valence-electron chi connectivity index (χ3n) is 4.67. The van der Waals surface area contributed by atoms with Crippen LogP contribution in [0.2, 0.25) is 0 Å². The smallest absolute Gasteiger partial charge is 0.0462 e. The van der Waals surface area contributed by atoms with Gasteiger partial charge in [0.15, 0.2) is 0 Å². The molecule has 106 valence electrons. The molecule has 1 unspecified atom stereocenters. The number of benzene rings is 1. The molecule has 1 aliphatic rings. The molecular formula is C17H27NO. The third-order valence-corrected chi connectivity index (χ3v) is 4.67. The Balaban J connectivity index is 2.15. The fourth-order valence-corrected chi connectivity index (χ4v) is 3.55. The Morgan fingerprint density at radius 2 is 1.84 bits per heavy atom. The summed E-state index contributed by atoms with van der Waals surface area (Å²) in [4.78, 5) is 0.